The second-order valence-corrected chi connectivity index (χ2v) is 7.56. The van der Waals surface area contributed by atoms with Gasteiger partial charge < -0.3 is 11.5 Å². The van der Waals surface area contributed by atoms with Crippen LogP contribution in [0.3, 0.4) is 0 Å². The second-order valence-electron chi connectivity index (χ2n) is 6.61. The zero-order valence-electron chi connectivity index (χ0n) is 15.6. The van der Waals surface area contributed by atoms with Gasteiger partial charge >= 0.3 is 0 Å². The van der Waals surface area contributed by atoms with E-state index in [2.05, 4.69) is 40.7 Å². The fourth-order valence-electron chi connectivity index (χ4n) is 3.16. The number of hydrogen-bond acceptors (Lipinski definition) is 4. The molecule has 0 bridgehead atoms. The number of aryl methyl sites for hydroxylation is 1. The van der Waals surface area contributed by atoms with Crippen molar-refractivity contribution in [3.8, 4) is 16.4 Å². The van der Waals surface area contributed by atoms with Crippen LogP contribution in [0.4, 0.5) is 5.69 Å². The van der Waals surface area contributed by atoms with Gasteiger partial charge in [-0.2, -0.15) is 0 Å². The smallest absolute Gasteiger partial charge is 0.155 e. The van der Waals surface area contributed by atoms with E-state index < -0.39 is 0 Å². The van der Waals surface area contributed by atoms with Crippen molar-refractivity contribution in [3.63, 3.8) is 0 Å². The van der Waals surface area contributed by atoms with E-state index in [0.29, 0.717) is 17.1 Å². The third kappa shape index (κ3) is 3.16. The standard InChI is InChI=1S/C21H20N6S/c1-12-5-8-18-17(10-12)26-21(19-4-3-9-28-19)27(18)14-6-7-15(16(23)11-14)20(24)25-13(2)22/h3-11H,23H2,1-2H3,(H3,22,24,25). The molecule has 0 spiro atoms. The summed E-state index contributed by atoms with van der Waals surface area (Å²) in [6, 6.07) is 15.9. The molecule has 0 aliphatic carbocycles. The molecule has 5 N–H and O–H groups in total. The maximum absolute atomic E-state index is 8.09. The highest BCUT2D eigenvalue weighted by atomic mass is 32.1. The molecule has 140 valence electrons. The highest BCUT2D eigenvalue weighted by Crippen LogP contribution is 2.32. The molecular weight excluding hydrogens is 368 g/mol. The summed E-state index contributed by atoms with van der Waals surface area (Å²) in [5.74, 6) is 1.24. The van der Waals surface area contributed by atoms with Crippen LogP contribution < -0.4 is 11.5 Å². The second kappa shape index (κ2) is 6.94. The van der Waals surface area contributed by atoms with Crippen molar-refractivity contribution in [1.29, 1.82) is 5.41 Å². The molecule has 2 heterocycles. The molecule has 6 nitrogen and oxygen atoms in total. The van der Waals surface area contributed by atoms with E-state index in [9.17, 15) is 0 Å². The molecule has 0 amide bonds. The van der Waals surface area contributed by atoms with Gasteiger partial charge in [0.1, 0.15) is 0 Å². The van der Waals surface area contributed by atoms with Gasteiger partial charge in [-0.1, -0.05) is 12.1 Å². The first-order valence-corrected chi connectivity index (χ1v) is 9.64. The molecular formula is C21H20N6S. The first-order valence-electron chi connectivity index (χ1n) is 8.76. The van der Waals surface area contributed by atoms with Gasteiger partial charge in [0.2, 0.25) is 0 Å². The van der Waals surface area contributed by atoms with Crippen LogP contribution in [0.15, 0.2) is 58.9 Å². The Hall–Kier alpha value is -3.45. The molecule has 0 saturated carbocycles. The Labute approximate surface area is 166 Å². The van der Waals surface area contributed by atoms with Crippen LogP contribution in [0.1, 0.15) is 18.1 Å². The predicted molar refractivity (Wildman–Crippen MR) is 118 cm³/mol. The molecule has 28 heavy (non-hydrogen) atoms. The van der Waals surface area contributed by atoms with Gasteiger partial charge in [0.15, 0.2) is 11.7 Å². The van der Waals surface area contributed by atoms with Crippen LogP contribution >= 0.6 is 11.3 Å². The summed E-state index contributed by atoms with van der Waals surface area (Å²) in [5.41, 5.74) is 16.9. The summed E-state index contributed by atoms with van der Waals surface area (Å²) in [6.07, 6.45) is 0. The first kappa shape index (κ1) is 17.9. The van der Waals surface area contributed by atoms with E-state index in [4.69, 9.17) is 21.9 Å². The first-order chi connectivity index (χ1) is 13.4. The van der Waals surface area contributed by atoms with Crippen molar-refractivity contribution in [3.05, 3.63) is 65.0 Å². The number of nitrogens with two attached hydrogens (primary N) is 2. The van der Waals surface area contributed by atoms with Crippen molar-refractivity contribution in [2.45, 2.75) is 13.8 Å². The quantitative estimate of drug-likeness (QED) is 0.276. The summed E-state index contributed by atoms with van der Waals surface area (Å²) in [7, 11) is 0. The lowest BCUT2D eigenvalue weighted by Crippen LogP contribution is -2.11. The van der Waals surface area contributed by atoms with Gasteiger partial charge in [0, 0.05) is 16.9 Å². The van der Waals surface area contributed by atoms with Crippen molar-refractivity contribution >= 4 is 39.7 Å². The fourth-order valence-corrected chi connectivity index (χ4v) is 3.87. The molecule has 2 aromatic heterocycles. The lowest BCUT2D eigenvalue weighted by atomic mass is 10.1. The Kier molecular flexibility index (Phi) is 4.44. The van der Waals surface area contributed by atoms with Gasteiger partial charge in [-0.05, 0) is 61.2 Å². The number of imidazole rings is 1. The molecule has 0 aliphatic heterocycles. The summed E-state index contributed by atoms with van der Waals surface area (Å²) < 4.78 is 2.10. The maximum Gasteiger partial charge on any atom is 0.155 e. The van der Waals surface area contributed by atoms with Gasteiger partial charge in [0.25, 0.3) is 0 Å². The Bertz CT molecular complexity index is 1210. The highest BCUT2D eigenvalue weighted by Gasteiger charge is 2.16. The van der Waals surface area contributed by atoms with Gasteiger partial charge in [-0.25, -0.2) is 9.98 Å². The summed E-state index contributed by atoms with van der Waals surface area (Å²) in [5, 5.41) is 10.1. The van der Waals surface area contributed by atoms with Crippen LogP contribution in [0.25, 0.3) is 27.4 Å². The zero-order chi connectivity index (χ0) is 19.8. The molecule has 7 heteroatoms. The minimum absolute atomic E-state index is 0.0497. The summed E-state index contributed by atoms with van der Waals surface area (Å²) in [6.45, 7) is 3.70. The van der Waals surface area contributed by atoms with E-state index >= 15 is 0 Å². The van der Waals surface area contributed by atoms with Crippen LogP contribution in [-0.4, -0.2) is 21.2 Å². The normalized spacial score (nSPS) is 11.9. The molecule has 0 atom stereocenters. The van der Waals surface area contributed by atoms with E-state index in [-0.39, 0.29) is 5.84 Å². The lowest BCUT2D eigenvalue weighted by Gasteiger charge is -2.12. The van der Waals surface area contributed by atoms with Crippen LogP contribution in [0.2, 0.25) is 0 Å². The third-order valence-electron chi connectivity index (χ3n) is 4.39. The fraction of sp³-hybridized carbons (Fsp3) is 0.0952. The number of fused-ring (bicyclic) bond motifs is 1. The minimum Gasteiger partial charge on any atom is -0.398 e. The number of amidine groups is 2. The van der Waals surface area contributed by atoms with E-state index in [0.717, 1.165) is 33.0 Å². The number of anilines is 1. The summed E-state index contributed by atoms with van der Waals surface area (Å²) >= 11 is 1.64. The van der Waals surface area contributed by atoms with Crippen molar-refractivity contribution in [2.24, 2.45) is 10.7 Å². The van der Waals surface area contributed by atoms with E-state index in [1.165, 1.54) is 0 Å². The van der Waals surface area contributed by atoms with Crippen LogP contribution in [-0.2, 0) is 0 Å². The Morgan fingerprint density at radius 2 is 2.00 bits per heavy atom. The molecule has 4 rings (SSSR count). The number of aromatic nitrogens is 2. The Morgan fingerprint density at radius 3 is 2.68 bits per heavy atom. The molecule has 0 fully saturated rings. The number of nitrogens with one attached hydrogen (secondary N) is 1. The molecule has 4 aromatic rings. The number of hydrogen-bond donors (Lipinski definition) is 3. The van der Waals surface area contributed by atoms with Crippen molar-refractivity contribution in [2.75, 3.05) is 5.73 Å². The average Bonchev–Trinajstić information content (AvgIpc) is 3.27. The van der Waals surface area contributed by atoms with Crippen LogP contribution in [0.5, 0.6) is 0 Å². The zero-order valence-corrected chi connectivity index (χ0v) is 16.4. The van der Waals surface area contributed by atoms with Crippen LogP contribution in [0, 0.1) is 12.3 Å². The number of nitrogens with zero attached hydrogens (tertiary/aromatic N) is 3. The van der Waals surface area contributed by atoms with Crippen molar-refractivity contribution < 1.29 is 0 Å². The molecule has 0 radical (unpaired) electrons. The molecule has 0 aliphatic rings. The van der Waals surface area contributed by atoms with Gasteiger partial charge in [-0.15, -0.1) is 11.3 Å². The number of thiophene rings is 1. The molecule has 2 aromatic carbocycles. The lowest BCUT2D eigenvalue weighted by molar-refractivity contribution is 1.11. The largest absolute Gasteiger partial charge is 0.398 e. The number of rotatable bonds is 3. The minimum atomic E-state index is 0.0497. The van der Waals surface area contributed by atoms with E-state index in [1.807, 2.05) is 23.6 Å². The monoisotopic (exact) mass is 388 g/mol. The average molecular weight is 389 g/mol. The predicted octanol–water partition coefficient (Wildman–Crippen LogP) is 4.35. The number of benzene rings is 2. The topological polar surface area (TPSA) is 106 Å². The number of nitrogen functional groups attached to an aromatic ring is 1. The van der Waals surface area contributed by atoms with Crippen molar-refractivity contribution in [1.82, 2.24) is 9.55 Å². The summed E-state index contributed by atoms with van der Waals surface area (Å²) in [4.78, 5) is 9.95. The Morgan fingerprint density at radius 1 is 1.18 bits per heavy atom. The molecule has 0 unspecified atom stereocenters. The number of aliphatic imine (C=N–C) groups is 1. The maximum atomic E-state index is 8.09. The highest BCUT2D eigenvalue weighted by molar-refractivity contribution is 7.13. The third-order valence-corrected chi connectivity index (χ3v) is 5.25. The molecule has 0 saturated heterocycles. The van der Waals surface area contributed by atoms with Gasteiger partial charge in [0.05, 0.1) is 21.7 Å². The Balaban J connectivity index is 1.92. The van der Waals surface area contributed by atoms with E-state index in [1.54, 1.807) is 24.3 Å². The SMILES string of the molecule is CC(N)=NC(=N)c1ccc(-n2c(-c3cccs3)nc3cc(C)ccc32)cc1N. The van der Waals surface area contributed by atoms with Gasteiger partial charge in [-0.3, -0.25) is 9.98 Å².